The maximum absolute atomic E-state index is 10.7. The fourth-order valence-electron chi connectivity index (χ4n) is 2.02. The van der Waals surface area contributed by atoms with Crippen molar-refractivity contribution in [3.05, 3.63) is 33.9 Å². The van der Waals surface area contributed by atoms with Gasteiger partial charge in [-0.15, -0.1) is 0 Å². The number of nitro groups is 1. The van der Waals surface area contributed by atoms with Gasteiger partial charge in [-0.25, -0.2) is 0 Å². The normalized spacial score (nSPS) is 21.8. The second kappa shape index (κ2) is 5.02. The Balaban J connectivity index is 2.01. The lowest BCUT2D eigenvalue weighted by Crippen LogP contribution is -2.33. The first-order valence-electron chi connectivity index (χ1n) is 5.70. The summed E-state index contributed by atoms with van der Waals surface area (Å²) in [6.45, 7) is 0.708. The Labute approximate surface area is 104 Å². The van der Waals surface area contributed by atoms with Crippen molar-refractivity contribution in [1.29, 1.82) is 5.26 Å². The molecule has 1 fully saturated rings. The van der Waals surface area contributed by atoms with Crippen LogP contribution >= 0.6 is 0 Å². The number of hydrogen-bond acceptors (Lipinski definition) is 5. The molecule has 0 aromatic heterocycles. The predicted octanol–water partition coefficient (Wildman–Crippen LogP) is 1.65. The van der Waals surface area contributed by atoms with Crippen LogP contribution in [0.4, 0.5) is 11.4 Å². The molecule has 1 aliphatic rings. The summed E-state index contributed by atoms with van der Waals surface area (Å²) in [6, 6.07) is 6.22. The van der Waals surface area contributed by atoms with Gasteiger partial charge in [0, 0.05) is 18.3 Å². The van der Waals surface area contributed by atoms with Crippen molar-refractivity contribution in [2.24, 2.45) is 5.92 Å². The van der Waals surface area contributed by atoms with E-state index in [2.05, 4.69) is 5.32 Å². The van der Waals surface area contributed by atoms with Gasteiger partial charge in [0.25, 0.3) is 5.69 Å². The SMILES string of the molecule is N#Cc1cc(NCC2CC(O)C2)ccc1[N+](=O)[O-]. The third kappa shape index (κ3) is 2.57. The molecule has 0 amide bonds. The standard InChI is InChI=1S/C12H13N3O3/c13-6-9-5-10(1-2-12(9)15(17)18)14-7-8-3-11(16)4-8/h1-2,5,8,11,14,16H,3-4,7H2. The molecule has 0 heterocycles. The number of nitriles is 1. The Kier molecular flexibility index (Phi) is 3.44. The van der Waals surface area contributed by atoms with Crippen LogP contribution in [0.5, 0.6) is 0 Å². The summed E-state index contributed by atoms with van der Waals surface area (Å²) in [5.41, 5.74) is 0.569. The number of aliphatic hydroxyl groups is 1. The Morgan fingerprint density at radius 2 is 2.28 bits per heavy atom. The number of nitro benzene ring substituents is 1. The van der Waals surface area contributed by atoms with E-state index >= 15 is 0 Å². The summed E-state index contributed by atoms with van der Waals surface area (Å²) in [5, 5.41) is 31.8. The van der Waals surface area contributed by atoms with E-state index in [1.54, 1.807) is 6.07 Å². The lowest BCUT2D eigenvalue weighted by Gasteiger charge is -2.31. The molecule has 18 heavy (non-hydrogen) atoms. The highest BCUT2D eigenvalue weighted by atomic mass is 16.6. The molecule has 0 unspecified atom stereocenters. The average molecular weight is 247 g/mol. The van der Waals surface area contributed by atoms with Crippen LogP contribution in [-0.2, 0) is 0 Å². The van der Waals surface area contributed by atoms with Gasteiger partial charge in [0.1, 0.15) is 11.6 Å². The molecule has 94 valence electrons. The number of aliphatic hydroxyl groups excluding tert-OH is 1. The van der Waals surface area contributed by atoms with E-state index < -0.39 is 4.92 Å². The summed E-state index contributed by atoms with van der Waals surface area (Å²) in [5.74, 6) is 0.431. The number of anilines is 1. The summed E-state index contributed by atoms with van der Waals surface area (Å²) >= 11 is 0. The second-order valence-electron chi connectivity index (χ2n) is 4.47. The van der Waals surface area contributed by atoms with E-state index in [9.17, 15) is 10.1 Å². The van der Waals surface area contributed by atoms with Gasteiger partial charge < -0.3 is 10.4 Å². The van der Waals surface area contributed by atoms with Crippen LogP contribution in [-0.4, -0.2) is 22.7 Å². The van der Waals surface area contributed by atoms with Crippen molar-refractivity contribution in [3.8, 4) is 6.07 Å². The number of benzene rings is 1. The number of hydrogen-bond donors (Lipinski definition) is 2. The maximum Gasteiger partial charge on any atom is 0.287 e. The molecule has 0 bridgehead atoms. The molecule has 0 aliphatic heterocycles. The fourth-order valence-corrected chi connectivity index (χ4v) is 2.02. The molecule has 2 N–H and O–H groups in total. The lowest BCUT2D eigenvalue weighted by atomic mass is 9.82. The van der Waals surface area contributed by atoms with Gasteiger partial charge in [-0.3, -0.25) is 10.1 Å². The molecule has 6 nitrogen and oxygen atoms in total. The van der Waals surface area contributed by atoms with E-state index in [-0.39, 0.29) is 17.4 Å². The molecular formula is C12H13N3O3. The third-order valence-electron chi connectivity index (χ3n) is 3.12. The van der Waals surface area contributed by atoms with Gasteiger partial charge in [-0.05, 0) is 30.9 Å². The van der Waals surface area contributed by atoms with Gasteiger partial charge in [0.05, 0.1) is 11.0 Å². The lowest BCUT2D eigenvalue weighted by molar-refractivity contribution is -0.385. The highest BCUT2D eigenvalue weighted by molar-refractivity contribution is 5.58. The van der Waals surface area contributed by atoms with Crippen LogP contribution in [0, 0.1) is 27.4 Å². The topological polar surface area (TPSA) is 99.2 Å². The molecular weight excluding hydrogens is 234 g/mol. The zero-order valence-corrected chi connectivity index (χ0v) is 9.67. The molecule has 6 heteroatoms. The van der Waals surface area contributed by atoms with Crippen molar-refractivity contribution in [1.82, 2.24) is 0 Å². The molecule has 0 saturated heterocycles. The summed E-state index contributed by atoms with van der Waals surface area (Å²) in [6.07, 6.45) is 1.37. The minimum absolute atomic E-state index is 0.0543. The zero-order valence-electron chi connectivity index (χ0n) is 9.67. The summed E-state index contributed by atoms with van der Waals surface area (Å²) < 4.78 is 0. The quantitative estimate of drug-likeness (QED) is 0.622. The van der Waals surface area contributed by atoms with Gasteiger partial charge >= 0.3 is 0 Å². The molecule has 0 spiro atoms. The van der Waals surface area contributed by atoms with Crippen molar-refractivity contribution < 1.29 is 10.0 Å². The third-order valence-corrected chi connectivity index (χ3v) is 3.12. The van der Waals surface area contributed by atoms with Crippen LogP contribution in [0.3, 0.4) is 0 Å². The molecule has 1 saturated carbocycles. The van der Waals surface area contributed by atoms with Gasteiger partial charge in [0.2, 0.25) is 0 Å². The van der Waals surface area contributed by atoms with Crippen molar-refractivity contribution >= 4 is 11.4 Å². The van der Waals surface area contributed by atoms with Crippen LogP contribution in [0.15, 0.2) is 18.2 Å². The van der Waals surface area contributed by atoms with Gasteiger partial charge in [0.15, 0.2) is 0 Å². The van der Waals surface area contributed by atoms with Crippen LogP contribution in [0.25, 0.3) is 0 Å². The molecule has 1 aromatic carbocycles. The maximum atomic E-state index is 10.7. The highest BCUT2D eigenvalue weighted by Crippen LogP contribution is 2.28. The van der Waals surface area contributed by atoms with E-state index in [4.69, 9.17) is 10.4 Å². The number of rotatable bonds is 4. The smallest absolute Gasteiger partial charge is 0.287 e. The minimum Gasteiger partial charge on any atom is -0.393 e. The Bertz CT molecular complexity index is 504. The Morgan fingerprint density at radius 1 is 1.56 bits per heavy atom. The molecule has 1 aromatic rings. The highest BCUT2D eigenvalue weighted by Gasteiger charge is 2.26. The average Bonchev–Trinajstić information content (AvgIpc) is 2.32. The molecule has 0 radical (unpaired) electrons. The minimum atomic E-state index is -0.565. The van der Waals surface area contributed by atoms with Crippen molar-refractivity contribution in [2.75, 3.05) is 11.9 Å². The number of nitrogens with zero attached hydrogens (tertiary/aromatic N) is 2. The molecule has 0 atom stereocenters. The van der Waals surface area contributed by atoms with Crippen molar-refractivity contribution in [2.45, 2.75) is 18.9 Å². The predicted molar refractivity (Wildman–Crippen MR) is 65.0 cm³/mol. The van der Waals surface area contributed by atoms with E-state index in [1.165, 1.54) is 12.1 Å². The van der Waals surface area contributed by atoms with Crippen LogP contribution in [0.2, 0.25) is 0 Å². The van der Waals surface area contributed by atoms with Crippen LogP contribution in [0.1, 0.15) is 18.4 Å². The van der Waals surface area contributed by atoms with Crippen LogP contribution < -0.4 is 5.32 Å². The monoisotopic (exact) mass is 247 g/mol. The molecule has 1 aliphatic carbocycles. The van der Waals surface area contributed by atoms with E-state index in [0.717, 1.165) is 12.8 Å². The fraction of sp³-hybridized carbons (Fsp3) is 0.417. The van der Waals surface area contributed by atoms with Crippen molar-refractivity contribution in [3.63, 3.8) is 0 Å². The Morgan fingerprint density at radius 3 is 2.83 bits per heavy atom. The zero-order chi connectivity index (χ0) is 13.1. The van der Waals surface area contributed by atoms with Gasteiger partial charge in [-0.2, -0.15) is 5.26 Å². The van der Waals surface area contributed by atoms with E-state index in [1.807, 2.05) is 6.07 Å². The van der Waals surface area contributed by atoms with Gasteiger partial charge in [-0.1, -0.05) is 0 Å². The molecule has 2 rings (SSSR count). The van der Waals surface area contributed by atoms with E-state index in [0.29, 0.717) is 18.2 Å². The number of nitrogens with one attached hydrogen (secondary N) is 1. The summed E-state index contributed by atoms with van der Waals surface area (Å²) in [7, 11) is 0. The Hall–Kier alpha value is -2.13. The first kappa shape index (κ1) is 12.3. The first-order chi connectivity index (χ1) is 8.60. The largest absolute Gasteiger partial charge is 0.393 e. The first-order valence-corrected chi connectivity index (χ1v) is 5.70. The summed E-state index contributed by atoms with van der Waals surface area (Å²) in [4.78, 5) is 10.1. The second-order valence-corrected chi connectivity index (χ2v) is 4.47.